The Balaban J connectivity index is 1.31. The first-order valence-corrected chi connectivity index (χ1v) is 11.0. The molecule has 2 heterocycles. The van der Waals surface area contributed by atoms with Crippen LogP contribution in [0.2, 0.25) is 5.02 Å². The van der Waals surface area contributed by atoms with E-state index in [-0.39, 0.29) is 23.9 Å². The number of fused-ring (bicyclic) bond motifs is 1. The minimum absolute atomic E-state index is 0.0404. The van der Waals surface area contributed by atoms with Gasteiger partial charge in [0.05, 0.1) is 17.4 Å². The Morgan fingerprint density at radius 1 is 1.14 bits per heavy atom. The number of sulfonamides is 1. The molecule has 2 aromatic heterocycles. The number of hydrogen-bond donors (Lipinski definition) is 1. The highest BCUT2D eigenvalue weighted by atomic mass is 35.5. The largest absolute Gasteiger partial charge is 0.460 e. The van der Waals surface area contributed by atoms with Crippen LogP contribution in [0.25, 0.3) is 11.0 Å². The number of nitrogens with zero attached hydrogens (tertiary/aromatic N) is 3. The van der Waals surface area contributed by atoms with Crippen molar-refractivity contribution in [2.75, 3.05) is 0 Å². The third kappa shape index (κ3) is 4.60. The number of aromatic nitrogens is 3. The van der Waals surface area contributed by atoms with Crippen molar-refractivity contribution < 1.29 is 17.7 Å². The Morgan fingerprint density at radius 2 is 1.86 bits per heavy atom. The third-order valence-corrected chi connectivity index (χ3v) is 6.21. The molecule has 1 aliphatic rings. The van der Waals surface area contributed by atoms with Crippen LogP contribution in [0.1, 0.15) is 31.4 Å². The maximum Gasteiger partial charge on any atom is 0.316 e. The zero-order valence-electron chi connectivity index (χ0n) is 14.9. The molecule has 0 radical (unpaired) electrons. The monoisotopic (exact) mass is 422 g/mol. The van der Waals surface area contributed by atoms with Gasteiger partial charge in [0.15, 0.2) is 5.58 Å². The van der Waals surface area contributed by atoms with Gasteiger partial charge in [-0.15, -0.1) is 0 Å². The molecular weight excluding hydrogens is 404 g/mol. The van der Waals surface area contributed by atoms with Crippen molar-refractivity contribution in [3.63, 3.8) is 0 Å². The molecule has 1 aromatic carbocycles. The Morgan fingerprint density at radius 3 is 2.61 bits per heavy atom. The van der Waals surface area contributed by atoms with Gasteiger partial charge in [-0.2, -0.15) is 0 Å². The van der Waals surface area contributed by atoms with Crippen molar-refractivity contribution in [1.82, 2.24) is 19.8 Å². The maximum absolute atomic E-state index is 12.6. The van der Waals surface area contributed by atoms with Crippen molar-refractivity contribution in [2.45, 2.75) is 43.6 Å². The molecule has 0 spiro atoms. The van der Waals surface area contributed by atoms with Gasteiger partial charge in [0.25, 0.3) is 0 Å². The Hall–Kier alpha value is -2.23. The van der Waals surface area contributed by atoms with Crippen LogP contribution in [-0.4, -0.2) is 35.7 Å². The zero-order valence-corrected chi connectivity index (χ0v) is 16.5. The summed E-state index contributed by atoms with van der Waals surface area (Å²) in [5.41, 5.74) is 0.995. The SMILES string of the molecule is O=S(=O)(Cc1noc2ccccc12)NC1CCC(Oc2ncc(Cl)cn2)CC1. The van der Waals surface area contributed by atoms with Crippen LogP contribution in [-0.2, 0) is 15.8 Å². The van der Waals surface area contributed by atoms with Gasteiger partial charge in [0.1, 0.15) is 17.6 Å². The lowest BCUT2D eigenvalue weighted by Gasteiger charge is -2.28. The van der Waals surface area contributed by atoms with Crippen LogP contribution in [0.5, 0.6) is 6.01 Å². The first kappa shape index (κ1) is 19.1. The van der Waals surface area contributed by atoms with E-state index in [1.54, 1.807) is 12.1 Å². The fraction of sp³-hybridized carbons (Fsp3) is 0.389. The molecule has 10 heteroatoms. The second-order valence-electron chi connectivity index (χ2n) is 6.78. The zero-order chi connectivity index (χ0) is 19.6. The highest BCUT2D eigenvalue weighted by Gasteiger charge is 2.27. The first-order chi connectivity index (χ1) is 13.5. The lowest BCUT2D eigenvalue weighted by atomic mass is 9.94. The van der Waals surface area contributed by atoms with Crippen molar-refractivity contribution in [3.8, 4) is 6.01 Å². The maximum atomic E-state index is 12.6. The lowest BCUT2D eigenvalue weighted by molar-refractivity contribution is 0.132. The average Bonchev–Trinajstić information content (AvgIpc) is 3.07. The highest BCUT2D eigenvalue weighted by molar-refractivity contribution is 7.88. The summed E-state index contributed by atoms with van der Waals surface area (Å²) in [5.74, 6) is -0.209. The van der Waals surface area contributed by atoms with Crippen molar-refractivity contribution in [1.29, 1.82) is 0 Å². The van der Waals surface area contributed by atoms with Crippen molar-refractivity contribution in [3.05, 3.63) is 47.4 Å². The van der Waals surface area contributed by atoms with E-state index in [0.29, 0.717) is 47.4 Å². The molecule has 28 heavy (non-hydrogen) atoms. The Bertz CT molecular complexity index is 1050. The molecule has 0 atom stereocenters. The van der Waals surface area contributed by atoms with Gasteiger partial charge in [0.2, 0.25) is 10.0 Å². The smallest absolute Gasteiger partial charge is 0.316 e. The molecule has 3 aromatic rings. The average molecular weight is 423 g/mol. The number of nitrogens with one attached hydrogen (secondary N) is 1. The van der Waals surface area contributed by atoms with Crippen LogP contribution in [0.4, 0.5) is 0 Å². The quantitative estimate of drug-likeness (QED) is 0.650. The summed E-state index contributed by atoms with van der Waals surface area (Å²) in [6, 6.07) is 7.37. The van der Waals surface area contributed by atoms with Gasteiger partial charge in [-0.05, 0) is 37.8 Å². The molecule has 1 N–H and O–H groups in total. The predicted molar refractivity (Wildman–Crippen MR) is 103 cm³/mol. The van der Waals surface area contributed by atoms with E-state index in [1.807, 2.05) is 12.1 Å². The van der Waals surface area contributed by atoms with E-state index < -0.39 is 10.0 Å². The van der Waals surface area contributed by atoms with Gasteiger partial charge in [-0.3, -0.25) is 0 Å². The number of halogens is 1. The van der Waals surface area contributed by atoms with E-state index >= 15 is 0 Å². The second-order valence-corrected chi connectivity index (χ2v) is 8.97. The molecular formula is C18H19ClN4O4S. The molecule has 0 saturated heterocycles. The molecule has 0 amide bonds. The van der Waals surface area contributed by atoms with E-state index in [9.17, 15) is 8.42 Å². The highest BCUT2D eigenvalue weighted by Crippen LogP contribution is 2.24. The van der Waals surface area contributed by atoms with Crippen LogP contribution >= 0.6 is 11.6 Å². The first-order valence-electron chi connectivity index (χ1n) is 8.96. The topological polar surface area (TPSA) is 107 Å². The Labute approximate surface area is 167 Å². The minimum Gasteiger partial charge on any atom is -0.460 e. The van der Waals surface area contributed by atoms with Gasteiger partial charge < -0.3 is 9.26 Å². The molecule has 0 bridgehead atoms. The third-order valence-electron chi connectivity index (χ3n) is 4.67. The molecule has 0 aliphatic heterocycles. The summed E-state index contributed by atoms with van der Waals surface area (Å²) in [5, 5.41) is 5.07. The number of ether oxygens (including phenoxy) is 1. The minimum atomic E-state index is -3.53. The number of para-hydroxylation sites is 1. The van der Waals surface area contributed by atoms with Gasteiger partial charge in [-0.1, -0.05) is 28.9 Å². The second kappa shape index (κ2) is 8.02. The summed E-state index contributed by atoms with van der Waals surface area (Å²) < 4.78 is 38.8. The van der Waals surface area contributed by atoms with E-state index in [1.165, 1.54) is 12.4 Å². The summed E-state index contributed by atoms with van der Waals surface area (Å²) >= 11 is 5.76. The summed E-state index contributed by atoms with van der Waals surface area (Å²) in [6.45, 7) is 0. The molecule has 4 rings (SSSR count). The summed E-state index contributed by atoms with van der Waals surface area (Å²) in [6.07, 6.45) is 5.71. The van der Waals surface area contributed by atoms with E-state index in [2.05, 4.69) is 19.8 Å². The number of benzene rings is 1. The van der Waals surface area contributed by atoms with Crippen LogP contribution < -0.4 is 9.46 Å². The van der Waals surface area contributed by atoms with Crippen molar-refractivity contribution in [2.24, 2.45) is 0 Å². The molecule has 8 nitrogen and oxygen atoms in total. The summed E-state index contributed by atoms with van der Waals surface area (Å²) in [4.78, 5) is 8.05. The standard InChI is InChI=1S/C18H19ClN4O4S/c19-12-9-20-18(21-10-12)26-14-7-5-13(6-8-14)23-28(24,25)11-16-15-3-1-2-4-17(15)27-22-16/h1-4,9-10,13-14,23H,5-8,11H2. The van der Waals surface area contributed by atoms with Gasteiger partial charge >= 0.3 is 6.01 Å². The molecule has 1 fully saturated rings. The molecule has 1 saturated carbocycles. The number of hydrogen-bond acceptors (Lipinski definition) is 7. The fourth-order valence-corrected chi connectivity index (χ4v) is 4.82. The van der Waals surface area contributed by atoms with E-state index in [4.69, 9.17) is 20.9 Å². The molecule has 148 valence electrons. The van der Waals surface area contributed by atoms with Crippen LogP contribution in [0.3, 0.4) is 0 Å². The number of rotatable bonds is 6. The van der Waals surface area contributed by atoms with E-state index in [0.717, 1.165) is 0 Å². The fourth-order valence-electron chi connectivity index (χ4n) is 3.33. The Kier molecular flexibility index (Phi) is 5.47. The van der Waals surface area contributed by atoms with Gasteiger partial charge in [-0.25, -0.2) is 23.1 Å². The molecule has 0 unspecified atom stereocenters. The van der Waals surface area contributed by atoms with Crippen molar-refractivity contribution >= 4 is 32.6 Å². The summed E-state index contributed by atoms with van der Waals surface area (Å²) in [7, 11) is -3.53. The predicted octanol–water partition coefficient (Wildman–Crippen LogP) is 3.08. The van der Waals surface area contributed by atoms with Crippen LogP contribution in [0, 0.1) is 0 Å². The van der Waals surface area contributed by atoms with Gasteiger partial charge in [0, 0.05) is 11.4 Å². The normalized spacial score (nSPS) is 20.3. The molecule has 1 aliphatic carbocycles. The lowest BCUT2D eigenvalue weighted by Crippen LogP contribution is -2.40. The van der Waals surface area contributed by atoms with Crippen LogP contribution in [0.15, 0.2) is 41.2 Å².